The van der Waals surface area contributed by atoms with E-state index in [1.165, 1.54) is 5.56 Å². The van der Waals surface area contributed by atoms with Gasteiger partial charge in [0.1, 0.15) is 0 Å². The van der Waals surface area contributed by atoms with E-state index in [0.717, 1.165) is 75.8 Å². The van der Waals surface area contributed by atoms with Crippen LogP contribution in [0.15, 0.2) is 48.8 Å². The second-order valence-corrected chi connectivity index (χ2v) is 8.51. The standard InChI is InChI=1S/C23H29ClN4O/c24-22-4-2-1-3-21(22)18-27-13-15-28(16-14-27)23(29)20-7-11-26(12-8-20)17-19-5-9-25-10-6-19/h1-6,9-10,20H,7-8,11-18H2. The van der Waals surface area contributed by atoms with Crippen LogP contribution < -0.4 is 0 Å². The van der Waals surface area contributed by atoms with Gasteiger partial charge in [0, 0.05) is 62.6 Å². The average Bonchev–Trinajstić information content (AvgIpc) is 2.77. The van der Waals surface area contributed by atoms with Crippen LogP contribution in [0, 0.1) is 5.92 Å². The largest absolute Gasteiger partial charge is 0.340 e. The molecule has 1 aromatic carbocycles. The zero-order valence-corrected chi connectivity index (χ0v) is 17.6. The lowest BCUT2D eigenvalue weighted by Crippen LogP contribution is -2.51. The summed E-state index contributed by atoms with van der Waals surface area (Å²) < 4.78 is 0. The van der Waals surface area contributed by atoms with Crippen molar-refractivity contribution in [3.63, 3.8) is 0 Å². The highest BCUT2D eigenvalue weighted by Crippen LogP contribution is 2.23. The summed E-state index contributed by atoms with van der Waals surface area (Å²) in [6.45, 7) is 7.26. The van der Waals surface area contributed by atoms with Crippen LogP contribution in [0.2, 0.25) is 5.02 Å². The van der Waals surface area contributed by atoms with Crippen molar-refractivity contribution in [3.05, 3.63) is 64.9 Å². The normalized spacial score (nSPS) is 19.4. The van der Waals surface area contributed by atoms with Crippen LogP contribution in [0.3, 0.4) is 0 Å². The fourth-order valence-corrected chi connectivity index (χ4v) is 4.53. The predicted octanol–water partition coefficient (Wildman–Crippen LogP) is 3.29. The number of carbonyl (C=O) groups excluding carboxylic acids is 1. The Morgan fingerprint density at radius 2 is 1.55 bits per heavy atom. The van der Waals surface area contributed by atoms with Gasteiger partial charge < -0.3 is 4.90 Å². The lowest BCUT2D eigenvalue weighted by molar-refractivity contribution is -0.139. The van der Waals surface area contributed by atoms with Crippen molar-refractivity contribution < 1.29 is 4.79 Å². The van der Waals surface area contributed by atoms with Gasteiger partial charge in [0.15, 0.2) is 0 Å². The molecular weight excluding hydrogens is 384 g/mol. The van der Waals surface area contributed by atoms with E-state index in [1.807, 2.05) is 30.6 Å². The Labute approximate surface area is 178 Å². The van der Waals surface area contributed by atoms with Gasteiger partial charge in [0.25, 0.3) is 0 Å². The smallest absolute Gasteiger partial charge is 0.225 e. The quantitative estimate of drug-likeness (QED) is 0.755. The molecule has 1 aromatic heterocycles. The minimum Gasteiger partial charge on any atom is -0.340 e. The monoisotopic (exact) mass is 412 g/mol. The first-order valence-electron chi connectivity index (χ1n) is 10.5. The fraction of sp³-hybridized carbons (Fsp3) is 0.478. The van der Waals surface area contributed by atoms with Crippen molar-refractivity contribution in [2.75, 3.05) is 39.3 Å². The molecule has 0 radical (unpaired) electrons. The number of hydrogen-bond acceptors (Lipinski definition) is 4. The Kier molecular flexibility index (Phi) is 6.80. The lowest BCUT2D eigenvalue weighted by atomic mass is 9.94. The number of hydrogen-bond donors (Lipinski definition) is 0. The summed E-state index contributed by atoms with van der Waals surface area (Å²) in [5.41, 5.74) is 2.45. The Morgan fingerprint density at radius 1 is 0.897 bits per heavy atom. The number of carbonyl (C=O) groups is 1. The first-order valence-corrected chi connectivity index (χ1v) is 10.9. The van der Waals surface area contributed by atoms with E-state index in [1.54, 1.807) is 0 Å². The molecule has 0 unspecified atom stereocenters. The van der Waals surface area contributed by atoms with Crippen molar-refractivity contribution >= 4 is 17.5 Å². The van der Waals surface area contributed by atoms with Crippen molar-refractivity contribution in [2.24, 2.45) is 5.92 Å². The molecule has 0 bridgehead atoms. The average molecular weight is 413 g/mol. The molecule has 2 fully saturated rings. The molecule has 29 heavy (non-hydrogen) atoms. The van der Waals surface area contributed by atoms with Crippen LogP contribution >= 0.6 is 11.6 Å². The number of aromatic nitrogens is 1. The molecule has 0 aliphatic carbocycles. The maximum atomic E-state index is 13.0. The summed E-state index contributed by atoms with van der Waals surface area (Å²) in [7, 11) is 0. The first-order chi connectivity index (χ1) is 14.2. The molecule has 2 saturated heterocycles. The molecular formula is C23H29ClN4O. The van der Waals surface area contributed by atoms with Gasteiger partial charge >= 0.3 is 0 Å². The topological polar surface area (TPSA) is 39.7 Å². The van der Waals surface area contributed by atoms with Crippen LogP contribution in [0.5, 0.6) is 0 Å². The SMILES string of the molecule is O=C(C1CCN(Cc2ccncc2)CC1)N1CCN(Cc2ccccc2Cl)CC1. The maximum Gasteiger partial charge on any atom is 0.225 e. The molecule has 0 saturated carbocycles. The van der Waals surface area contributed by atoms with Crippen molar-refractivity contribution in [1.82, 2.24) is 19.7 Å². The number of benzene rings is 1. The van der Waals surface area contributed by atoms with Gasteiger partial charge in [-0.05, 0) is 55.3 Å². The van der Waals surface area contributed by atoms with E-state index in [9.17, 15) is 4.79 Å². The predicted molar refractivity (Wildman–Crippen MR) is 116 cm³/mol. The Morgan fingerprint density at radius 3 is 2.24 bits per heavy atom. The Hall–Kier alpha value is -1.95. The van der Waals surface area contributed by atoms with E-state index < -0.39 is 0 Å². The highest BCUT2D eigenvalue weighted by Gasteiger charge is 2.30. The van der Waals surface area contributed by atoms with Gasteiger partial charge in [-0.2, -0.15) is 0 Å². The van der Waals surface area contributed by atoms with Gasteiger partial charge in [-0.25, -0.2) is 0 Å². The molecule has 4 rings (SSSR count). The molecule has 2 aliphatic heterocycles. The molecule has 2 aromatic rings. The third kappa shape index (κ3) is 5.35. The molecule has 5 nitrogen and oxygen atoms in total. The van der Waals surface area contributed by atoms with Crippen molar-refractivity contribution in [2.45, 2.75) is 25.9 Å². The summed E-state index contributed by atoms with van der Waals surface area (Å²) >= 11 is 6.29. The second-order valence-electron chi connectivity index (χ2n) is 8.10. The third-order valence-electron chi connectivity index (χ3n) is 6.13. The van der Waals surface area contributed by atoms with Crippen molar-refractivity contribution in [3.8, 4) is 0 Å². The summed E-state index contributed by atoms with van der Waals surface area (Å²) in [5.74, 6) is 0.532. The second kappa shape index (κ2) is 9.70. The van der Waals surface area contributed by atoms with E-state index in [4.69, 9.17) is 11.6 Å². The van der Waals surface area contributed by atoms with Crippen LogP contribution in [0.1, 0.15) is 24.0 Å². The summed E-state index contributed by atoms with van der Waals surface area (Å²) in [6.07, 6.45) is 5.61. The summed E-state index contributed by atoms with van der Waals surface area (Å²) in [4.78, 5) is 24.0. The fourth-order valence-electron chi connectivity index (χ4n) is 4.34. The first kappa shape index (κ1) is 20.3. The minimum absolute atomic E-state index is 0.179. The van der Waals surface area contributed by atoms with Gasteiger partial charge in [-0.15, -0.1) is 0 Å². The number of amides is 1. The number of piperidine rings is 1. The van der Waals surface area contributed by atoms with Gasteiger partial charge in [0.05, 0.1) is 0 Å². The number of halogens is 1. The summed E-state index contributed by atoms with van der Waals surface area (Å²) in [5, 5.41) is 0.824. The van der Waals surface area contributed by atoms with E-state index >= 15 is 0 Å². The molecule has 0 atom stereocenters. The number of pyridine rings is 1. The molecule has 2 aliphatic rings. The summed E-state index contributed by atoms with van der Waals surface area (Å²) in [6, 6.07) is 12.2. The van der Waals surface area contributed by atoms with E-state index in [2.05, 4.69) is 37.9 Å². The van der Waals surface area contributed by atoms with Crippen LogP contribution in [-0.4, -0.2) is 64.9 Å². The molecule has 1 amide bonds. The van der Waals surface area contributed by atoms with Crippen LogP contribution in [0.4, 0.5) is 0 Å². The molecule has 154 valence electrons. The van der Waals surface area contributed by atoms with E-state index in [-0.39, 0.29) is 5.92 Å². The number of likely N-dealkylation sites (tertiary alicyclic amines) is 1. The zero-order chi connectivity index (χ0) is 20.1. The number of nitrogens with zero attached hydrogens (tertiary/aromatic N) is 4. The highest BCUT2D eigenvalue weighted by molar-refractivity contribution is 6.31. The number of rotatable bonds is 5. The molecule has 0 spiro atoms. The molecule has 0 N–H and O–H groups in total. The van der Waals surface area contributed by atoms with E-state index in [0.29, 0.717) is 5.91 Å². The van der Waals surface area contributed by atoms with Crippen molar-refractivity contribution in [1.29, 1.82) is 0 Å². The molecule has 6 heteroatoms. The van der Waals surface area contributed by atoms with Gasteiger partial charge in [-0.1, -0.05) is 29.8 Å². The lowest BCUT2D eigenvalue weighted by Gasteiger charge is -2.38. The zero-order valence-electron chi connectivity index (χ0n) is 16.8. The Bertz CT molecular complexity index is 800. The number of piperazine rings is 1. The Balaban J connectivity index is 1.21. The third-order valence-corrected chi connectivity index (χ3v) is 6.50. The minimum atomic E-state index is 0.179. The maximum absolute atomic E-state index is 13.0. The van der Waals surface area contributed by atoms with Gasteiger partial charge in [-0.3, -0.25) is 19.6 Å². The van der Waals surface area contributed by atoms with Gasteiger partial charge in [0.2, 0.25) is 5.91 Å². The molecule has 3 heterocycles. The van der Waals surface area contributed by atoms with Crippen LogP contribution in [0.25, 0.3) is 0 Å². The highest BCUT2D eigenvalue weighted by atomic mass is 35.5. The van der Waals surface area contributed by atoms with Crippen LogP contribution in [-0.2, 0) is 17.9 Å².